The summed E-state index contributed by atoms with van der Waals surface area (Å²) in [6.07, 6.45) is -1.61. The minimum atomic E-state index is -4.33. The number of amides is 1. The summed E-state index contributed by atoms with van der Waals surface area (Å²) in [5.74, 6) is 0.650. The summed E-state index contributed by atoms with van der Waals surface area (Å²) in [6, 6.07) is 4.66. The quantitative estimate of drug-likeness (QED) is 0.797. The lowest BCUT2D eigenvalue weighted by Gasteiger charge is -2.29. The topological polar surface area (TPSA) is 29.5 Å². The molecule has 1 aliphatic rings. The summed E-state index contributed by atoms with van der Waals surface area (Å²) < 4.78 is 42.7. The highest BCUT2D eigenvalue weighted by Crippen LogP contribution is 2.30. The van der Waals surface area contributed by atoms with Gasteiger partial charge in [-0.25, -0.2) is 0 Å². The number of carbonyl (C=O) groups is 1. The zero-order valence-corrected chi connectivity index (χ0v) is 10.9. The van der Waals surface area contributed by atoms with Crippen molar-refractivity contribution >= 4 is 6.41 Å². The van der Waals surface area contributed by atoms with Crippen molar-refractivity contribution in [3.05, 3.63) is 29.8 Å². The Kier molecular flexibility index (Phi) is 4.52. The fourth-order valence-corrected chi connectivity index (χ4v) is 2.28. The SMILES string of the molecule is O=CN1CCCC(COc2ccc(C(F)(F)F)cc2)C1. The molecule has 6 heteroatoms. The maximum atomic E-state index is 12.4. The second kappa shape index (κ2) is 6.15. The third-order valence-electron chi connectivity index (χ3n) is 3.37. The van der Waals surface area contributed by atoms with Gasteiger partial charge in [0.05, 0.1) is 12.2 Å². The molecule has 110 valence electrons. The van der Waals surface area contributed by atoms with Crippen LogP contribution in [0.5, 0.6) is 5.75 Å². The summed E-state index contributed by atoms with van der Waals surface area (Å²) in [5.41, 5.74) is -0.686. The van der Waals surface area contributed by atoms with E-state index in [-0.39, 0.29) is 5.92 Å². The van der Waals surface area contributed by atoms with E-state index in [9.17, 15) is 18.0 Å². The monoisotopic (exact) mass is 287 g/mol. The van der Waals surface area contributed by atoms with Crippen LogP contribution in [0.25, 0.3) is 0 Å². The highest BCUT2D eigenvalue weighted by Gasteiger charge is 2.30. The Balaban J connectivity index is 1.86. The van der Waals surface area contributed by atoms with Crippen molar-refractivity contribution in [2.24, 2.45) is 5.92 Å². The molecule has 1 unspecified atom stereocenters. The predicted octanol–water partition coefficient (Wildman–Crippen LogP) is 2.95. The molecular formula is C14H16F3NO2. The van der Waals surface area contributed by atoms with E-state index in [1.807, 2.05) is 0 Å². The van der Waals surface area contributed by atoms with E-state index in [1.54, 1.807) is 4.90 Å². The number of ether oxygens (including phenoxy) is 1. The number of nitrogens with zero attached hydrogens (tertiary/aromatic N) is 1. The third-order valence-corrected chi connectivity index (χ3v) is 3.37. The van der Waals surface area contributed by atoms with Crippen LogP contribution in [0.2, 0.25) is 0 Å². The van der Waals surface area contributed by atoms with Crippen molar-refractivity contribution in [2.45, 2.75) is 19.0 Å². The number of rotatable bonds is 4. The van der Waals surface area contributed by atoms with Crippen LogP contribution in [0.15, 0.2) is 24.3 Å². The Morgan fingerprint density at radius 1 is 1.30 bits per heavy atom. The van der Waals surface area contributed by atoms with Crippen LogP contribution < -0.4 is 4.74 Å². The molecule has 0 spiro atoms. The molecule has 1 atom stereocenters. The molecule has 0 saturated carbocycles. The van der Waals surface area contributed by atoms with E-state index in [0.29, 0.717) is 18.9 Å². The maximum Gasteiger partial charge on any atom is 0.416 e. The minimum Gasteiger partial charge on any atom is -0.493 e. The summed E-state index contributed by atoms with van der Waals surface area (Å²) >= 11 is 0. The largest absolute Gasteiger partial charge is 0.493 e. The van der Waals surface area contributed by atoms with Gasteiger partial charge in [0.1, 0.15) is 5.75 Å². The van der Waals surface area contributed by atoms with E-state index >= 15 is 0 Å². The first-order valence-corrected chi connectivity index (χ1v) is 6.48. The third kappa shape index (κ3) is 3.88. The molecule has 20 heavy (non-hydrogen) atoms. The van der Waals surface area contributed by atoms with Crippen molar-refractivity contribution in [2.75, 3.05) is 19.7 Å². The molecule has 0 aromatic heterocycles. The number of hydrogen-bond donors (Lipinski definition) is 0. The lowest BCUT2D eigenvalue weighted by atomic mass is 9.99. The molecule has 1 aromatic rings. The normalized spacial score (nSPS) is 19.8. The zero-order chi connectivity index (χ0) is 14.6. The van der Waals surface area contributed by atoms with Crippen LogP contribution in [0.4, 0.5) is 13.2 Å². The van der Waals surface area contributed by atoms with Crippen molar-refractivity contribution in [1.29, 1.82) is 0 Å². The molecule has 1 heterocycles. The van der Waals surface area contributed by atoms with Crippen LogP contribution in [0, 0.1) is 5.92 Å². The van der Waals surface area contributed by atoms with E-state index in [0.717, 1.165) is 37.9 Å². The van der Waals surface area contributed by atoms with Gasteiger partial charge in [0.2, 0.25) is 6.41 Å². The average Bonchev–Trinajstić information content (AvgIpc) is 2.45. The first-order valence-electron chi connectivity index (χ1n) is 6.48. The van der Waals surface area contributed by atoms with Gasteiger partial charge in [0.15, 0.2) is 0 Å². The van der Waals surface area contributed by atoms with Gasteiger partial charge in [-0.3, -0.25) is 4.79 Å². The van der Waals surface area contributed by atoms with Crippen molar-refractivity contribution in [3.8, 4) is 5.75 Å². The second-order valence-corrected chi connectivity index (χ2v) is 4.94. The number of alkyl halides is 3. The van der Waals surface area contributed by atoms with Crippen LogP contribution in [0.1, 0.15) is 18.4 Å². The standard InChI is InChI=1S/C14H16F3NO2/c15-14(16,17)12-3-5-13(6-4-12)20-9-11-2-1-7-18(8-11)10-19/h3-6,10-11H,1-2,7-9H2. The summed E-state index contributed by atoms with van der Waals surface area (Å²) in [4.78, 5) is 12.4. The average molecular weight is 287 g/mol. The van der Waals surface area contributed by atoms with Gasteiger partial charge in [0, 0.05) is 19.0 Å². The number of hydrogen-bond acceptors (Lipinski definition) is 2. The van der Waals surface area contributed by atoms with Crippen LogP contribution in [0.3, 0.4) is 0 Å². The molecule has 0 bridgehead atoms. The lowest BCUT2D eigenvalue weighted by Crippen LogP contribution is -2.36. The Morgan fingerprint density at radius 2 is 2.00 bits per heavy atom. The van der Waals surface area contributed by atoms with E-state index in [4.69, 9.17) is 4.74 Å². The van der Waals surface area contributed by atoms with Gasteiger partial charge < -0.3 is 9.64 Å². The van der Waals surface area contributed by atoms with Gasteiger partial charge in [-0.15, -0.1) is 0 Å². The van der Waals surface area contributed by atoms with Gasteiger partial charge in [-0.2, -0.15) is 13.2 Å². The maximum absolute atomic E-state index is 12.4. The van der Waals surface area contributed by atoms with Crippen molar-refractivity contribution in [1.82, 2.24) is 4.90 Å². The molecule has 3 nitrogen and oxygen atoms in total. The number of halogens is 3. The van der Waals surface area contributed by atoms with Gasteiger partial charge in [-0.05, 0) is 37.1 Å². The number of benzene rings is 1. The predicted molar refractivity (Wildman–Crippen MR) is 67.3 cm³/mol. The van der Waals surface area contributed by atoms with Crippen LogP contribution in [-0.4, -0.2) is 31.0 Å². The molecule has 1 fully saturated rings. The Morgan fingerprint density at radius 3 is 2.60 bits per heavy atom. The Hall–Kier alpha value is -1.72. The Bertz CT molecular complexity index is 445. The molecule has 1 amide bonds. The zero-order valence-electron chi connectivity index (χ0n) is 10.9. The molecule has 0 N–H and O–H groups in total. The van der Waals surface area contributed by atoms with Gasteiger partial charge in [-0.1, -0.05) is 0 Å². The van der Waals surface area contributed by atoms with Gasteiger partial charge in [0.25, 0.3) is 0 Å². The van der Waals surface area contributed by atoms with Crippen molar-refractivity contribution in [3.63, 3.8) is 0 Å². The van der Waals surface area contributed by atoms with Crippen LogP contribution >= 0.6 is 0 Å². The summed E-state index contributed by atoms with van der Waals surface area (Å²) in [7, 11) is 0. The van der Waals surface area contributed by atoms with Crippen molar-refractivity contribution < 1.29 is 22.7 Å². The smallest absolute Gasteiger partial charge is 0.416 e. The number of piperidine rings is 1. The Labute approximate surface area is 115 Å². The fourth-order valence-electron chi connectivity index (χ4n) is 2.28. The fraction of sp³-hybridized carbons (Fsp3) is 0.500. The molecule has 1 saturated heterocycles. The highest BCUT2D eigenvalue weighted by atomic mass is 19.4. The first-order chi connectivity index (χ1) is 9.49. The molecule has 1 aromatic carbocycles. The summed E-state index contributed by atoms with van der Waals surface area (Å²) in [6.45, 7) is 1.82. The molecular weight excluding hydrogens is 271 g/mol. The molecule has 0 aliphatic carbocycles. The number of likely N-dealkylation sites (tertiary alicyclic amines) is 1. The van der Waals surface area contributed by atoms with Gasteiger partial charge >= 0.3 is 6.18 Å². The lowest BCUT2D eigenvalue weighted by molar-refractivity contribution is -0.137. The van der Waals surface area contributed by atoms with Crippen LogP contribution in [-0.2, 0) is 11.0 Å². The minimum absolute atomic E-state index is 0.233. The van der Waals surface area contributed by atoms with E-state index < -0.39 is 11.7 Å². The molecule has 0 radical (unpaired) electrons. The first kappa shape index (κ1) is 14.7. The van der Waals surface area contributed by atoms with E-state index in [2.05, 4.69) is 0 Å². The summed E-state index contributed by atoms with van der Waals surface area (Å²) in [5, 5.41) is 0. The second-order valence-electron chi connectivity index (χ2n) is 4.94. The molecule has 2 rings (SSSR count). The molecule has 1 aliphatic heterocycles. The number of carbonyl (C=O) groups excluding carboxylic acids is 1. The van der Waals surface area contributed by atoms with E-state index in [1.165, 1.54) is 12.1 Å². The highest BCUT2D eigenvalue weighted by molar-refractivity contribution is 5.47.